The Morgan fingerprint density at radius 1 is 1.04 bits per heavy atom. The van der Waals surface area contributed by atoms with Crippen molar-refractivity contribution in [2.45, 2.75) is 25.9 Å². The molecule has 1 saturated heterocycles. The second-order valence-corrected chi connectivity index (χ2v) is 7.74. The van der Waals surface area contributed by atoms with Gasteiger partial charge in [0.05, 0.1) is 0 Å². The van der Waals surface area contributed by atoms with Crippen LogP contribution in [0.25, 0.3) is 0 Å². The first-order valence-corrected chi connectivity index (χ1v) is 9.71. The molecular weight excluding hydrogens is 344 g/mol. The quantitative estimate of drug-likeness (QED) is 0.608. The Kier molecular flexibility index (Phi) is 23.8. The predicted molar refractivity (Wildman–Crippen MR) is 108 cm³/mol. The number of halogens is 1. The summed E-state index contributed by atoms with van der Waals surface area (Å²) in [6, 6.07) is 10.8. The van der Waals surface area contributed by atoms with Crippen molar-refractivity contribution in [3.63, 3.8) is 0 Å². The number of benzene rings is 1. The maximum absolute atomic E-state index is 5.35. The zero-order valence-corrected chi connectivity index (χ0v) is 17.4. The summed E-state index contributed by atoms with van der Waals surface area (Å²) >= 11 is 0. The highest BCUT2D eigenvalue weighted by Crippen LogP contribution is 2.10. The lowest BCUT2D eigenvalue weighted by Crippen LogP contribution is -2.41. The fraction of sp³-hybridized carbons (Fsp3) is 0.529. The highest BCUT2D eigenvalue weighted by Gasteiger charge is 2.34. The fourth-order valence-corrected chi connectivity index (χ4v) is 2.84. The molecule has 7 heteroatoms. The van der Waals surface area contributed by atoms with Crippen molar-refractivity contribution in [2.75, 3.05) is 34.4 Å². The maximum atomic E-state index is 5.35. The van der Waals surface area contributed by atoms with E-state index < -0.39 is 8.80 Å². The number of nitrogens with one attached hydrogen (secondary N) is 1. The minimum Gasteiger partial charge on any atom is -0.377 e. The molecule has 1 aromatic carbocycles. The van der Waals surface area contributed by atoms with Gasteiger partial charge in [-0.05, 0) is 25.1 Å². The maximum Gasteiger partial charge on any atom is 0.499 e. The molecule has 5 nitrogen and oxygen atoms in total. The van der Waals surface area contributed by atoms with Gasteiger partial charge in [0.2, 0.25) is 0 Å². The lowest BCUT2D eigenvalue weighted by atomic mass is 10.2. The van der Waals surface area contributed by atoms with Crippen LogP contribution in [0.15, 0.2) is 43.5 Å². The van der Waals surface area contributed by atoms with E-state index in [0.717, 1.165) is 6.04 Å². The van der Waals surface area contributed by atoms with Crippen LogP contribution in [0.1, 0.15) is 18.9 Å². The molecule has 1 fully saturated rings. The summed E-state index contributed by atoms with van der Waals surface area (Å²) in [4.78, 5) is 0. The lowest BCUT2D eigenvalue weighted by molar-refractivity contribution is 0.125. The standard InChI is InChI=1S/C7H9N.C5H14O3Si.C3H7N.C2H4.ClH/c8-6-7-4-2-1-3-5-7;1-5-9(6-2,7-3)8-4;1-2-4-3-1;1-2;/h1-5H,6,8H2;5H2,1-4H3;4H,1-3H2;1-2H2;1H. The van der Waals surface area contributed by atoms with Crippen LogP contribution in [-0.2, 0) is 19.8 Å². The van der Waals surface area contributed by atoms with Crippen LogP contribution in [-0.4, -0.2) is 43.2 Å². The van der Waals surface area contributed by atoms with E-state index in [-0.39, 0.29) is 12.4 Å². The normalized spacial score (nSPS) is 11.7. The van der Waals surface area contributed by atoms with Crippen molar-refractivity contribution in [1.29, 1.82) is 0 Å². The molecule has 0 unspecified atom stereocenters. The van der Waals surface area contributed by atoms with E-state index in [1.165, 1.54) is 25.1 Å². The Morgan fingerprint density at radius 3 is 1.54 bits per heavy atom. The number of rotatable bonds is 5. The SMILES string of the molecule is C1CNC1.C=C.CC[Si](OC)(OC)OC.Cl.NCc1ccccc1. The Morgan fingerprint density at radius 2 is 1.42 bits per heavy atom. The summed E-state index contributed by atoms with van der Waals surface area (Å²) in [6.07, 6.45) is 1.39. The van der Waals surface area contributed by atoms with Crippen molar-refractivity contribution in [1.82, 2.24) is 5.32 Å². The molecule has 0 saturated carbocycles. The largest absolute Gasteiger partial charge is 0.499 e. The molecule has 2 rings (SSSR count). The molecule has 1 heterocycles. The third-order valence-electron chi connectivity index (χ3n) is 3.15. The van der Waals surface area contributed by atoms with Crippen molar-refractivity contribution in [2.24, 2.45) is 5.73 Å². The molecule has 1 aliphatic heterocycles. The van der Waals surface area contributed by atoms with Gasteiger partial charge in [-0.25, -0.2) is 0 Å². The van der Waals surface area contributed by atoms with Crippen LogP contribution in [0.5, 0.6) is 0 Å². The minimum absolute atomic E-state index is 0. The van der Waals surface area contributed by atoms with E-state index in [0.29, 0.717) is 6.54 Å². The summed E-state index contributed by atoms with van der Waals surface area (Å²) in [7, 11) is 2.65. The molecule has 1 aromatic rings. The lowest BCUT2D eigenvalue weighted by Gasteiger charge is -2.22. The van der Waals surface area contributed by atoms with Gasteiger partial charge >= 0.3 is 8.80 Å². The van der Waals surface area contributed by atoms with Crippen molar-refractivity contribution < 1.29 is 13.3 Å². The van der Waals surface area contributed by atoms with E-state index >= 15 is 0 Å². The number of hydrogen-bond donors (Lipinski definition) is 2. The molecule has 0 aromatic heterocycles. The molecule has 0 aliphatic carbocycles. The second-order valence-electron chi connectivity index (χ2n) is 4.44. The number of hydrogen-bond acceptors (Lipinski definition) is 5. The van der Waals surface area contributed by atoms with Crippen LogP contribution in [0.2, 0.25) is 6.04 Å². The summed E-state index contributed by atoms with van der Waals surface area (Å²) in [5.41, 5.74) is 6.54. The zero-order chi connectivity index (χ0) is 18.0. The van der Waals surface area contributed by atoms with E-state index in [9.17, 15) is 0 Å². The van der Waals surface area contributed by atoms with E-state index in [2.05, 4.69) is 18.5 Å². The molecule has 0 bridgehead atoms. The Bertz CT molecular complexity index is 329. The van der Waals surface area contributed by atoms with Crippen LogP contribution < -0.4 is 11.1 Å². The van der Waals surface area contributed by atoms with E-state index in [1.54, 1.807) is 21.3 Å². The van der Waals surface area contributed by atoms with Gasteiger partial charge in [0, 0.05) is 33.9 Å². The summed E-state index contributed by atoms with van der Waals surface area (Å²) in [5, 5.41) is 3.11. The van der Waals surface area contributed by atoms with Crippen molar-refractivity contribution in [3.8, 4) is 0 Å². The average molecular weight is 379 g/mol. The van der Waals surface area contributed by atoms with Gasteiger partial charge in [-0.15, -0.1) is 25.6 Å². The first-order chi connectivity index (χ1) is 11.2. The van der Waals surface area contributed by atoms with Gasteiger partial charge in [-0.1, -0.05) is 37.3 Å². The smallest absolute Gasteiger partial charge is 0.377 e. The van der Waals surface area contributed by atoms with E-state index in [4.69, 9.17) is 19.0 Å². The molecule has 3 N–H and O–H groups in total. The zero-order valence-electron chi connectivity index (χ0n) is 15.5. The molecule has 0 spiro atoms. The van der Waals surface area contributed by atoms with Gasteiger partial charge in [-0.3, -0.25) is 0 Å². The van der Waals surface area contributed by atoms with Crippen molar-refractivity contribution >= 4 is 21.2 Å². The molecule has 142 valence electrons. The molecule has 0 amide bonds. The first kappa shape index (κ1) is 28.1. The van der Waals surface area contributed by atoms with E-state index in [1.807, 2.05) is 37.3 Å². The highest BCUT2D eigenvalue weighted by atomic mass is 35.5. The van der Waals surface area contributed by atoms with Gasteiger partial charge in [0.15, 0.2) is 0 Å². The minimum atomic E-state index is -2.19. The monoisotopic (exact) mass is 378 g/mol. The third-order valence-corrected chi connectivity index (χ3v) is 5.88. The fourth-order valence-electron chi connectivity index (χ4n) is 1.47. The van der Waals surface area contributed by atoms with Gasteiger partial charge in [0.1, 0.15) is 0 Å². The summed E-state index contributed by atoms with van der Waals surface area (Å²) in [5.74, 6) is 0. The van der Waals surface area contributed by atoms with Crippen molar-refractivity contribution in [3.05, 3.63) is 49.1 Å². The van der Waals surface area contributed by atoms with Crippen LogP contribution >= 0.6 is 12.4 Å². The average Bonchev–Trinajstić information content (AvgIpc) is 2.59. The second kappa shape index (κ2) is 20.3. The highest BCUT2D eigenvalue weighted by molar-refractivity contribution is 6.60. The Labute approximate surface area is 155 Å². The molecular formula is C17H35ClN2O3Si. The molecule has 1 aliphatic rings. The molecule has 0 atom stereocenters. The Hall–Kier alpha value is -0.733. The van der Waals surface area contributed by atoms with Gasteiger partial charge in [0.25, 0.3) is 0 Å². The summed E-state index contributed by atoms with van der Waals surface area (Å²) < 4.78 is 15.2. The molecule has 0 radical (unpaired) electrons. The van der Waals surface area contributed by atoms with Crippen LogP contribution in [0.3, 0.4) is 0 Å². The topological polar surface area (TPSA) is 65.7 Å². The molecule has 24 heavy (non-hydrogen) atoms. The predicted octanol–water partition coefficient (Wildman–Crippen LogP) is 3.23. The number of nitrogens with two attached hydrogens (primary N) is 1. The van der Waals surface area contributed by atoms with Crippen LogP contribution in [0, 0.1) is 0 Å². The summed E-state index contributed by atoms with van der Waals surface area (Å²) in [6.45, 7) is 11.1. The first-order valence-electron chi connectivity index (χ1n) is 7.78. The van der Waals surface area contributed by atoms with Crippen LogP contribution in [0.4, 0.5) is 0 Å². The van der Waals surface area contributed by atoms with Gasteiger partial charge in [-0.2, -0.15) is 0 Å². The van der Waals surface area contributed by atoms with Gasteiger partial charge < -0.3 is 24.3 Å². The Balaban J connectivity index is -0.000000269. The third kappa shape index (κ3) is 13.7.